The molecule has 0 aliphatic carbocycles. The van der Waals surface area contributed by atoms with Gasteiger partial charge in [0.2, 0.25) is 0 Å². The van der Waals surface area contributed by atoms with Gasteiger partial charge in [0, 0.05) is 0 Å². The van der Waals surface area contributed by atoms with Crippen LogP contribution >= 0.6 is 22.6 Å². The van der Waals surface area contributed by atoms with Gasteiger partial charge in [0.05, 0.1) is 4.05 Å². The molecule has 32 valence electrons. The third-order valence-corrected chi connectivity index (χ3v) is 0.456. The molecule has 0 heterocycles. The normalized spacial score (nSPS) is 15.0. The van der Waals surface area contributed by atoms with Gasteiger partial charge in [-0.2, -0.15) is 5.48 Å². The van der Waals surface area contributed by atoms with Crippen molar-refractivity contribution in [2.24, 2.45) is 0 Å². The third kappa shape index (κ3) is 4.65. The first-order valence-electron chi connectivity index (χ1n) is 1.31. The molecule has 0 aliphatic heterocycles. The van der Waals surface area contributed by atoms with Crippen LogP contribution in [0.4, 0.5) is 0 Å². The van der Waals surface area contributed by atoms with Gasteiger partial charge >= 0.3 is 0 Å². The fraction of sp³-hybridized carbons (Fsp3) is 1.00. The Bertz CT molecular complexity index is 23.6. The molecule has 0 aromatic heterocycles. The first kappa shape index (κ1) is 5.65. The Balaban J connectivity index is 2.54. The Morgan fingerprint density at radius 1 is 2.00 bits per heavy atom. The fourth-order valence-corrected chi connectivity index (χ4v) is 0. The number of alkyl halides is 1. The van der Waals surface area contributed by atoms with Gasteiger partial charge in [-0.3, -0.25) is 0 Å². The smallest absolute Gasteiger partial charge is 0.0805 e. The van der Waals surface area contributed by atoms with Crippen molar-refractivity contribution in [1.29, 1.82) is 0 Å². The topological polar surface area (TPSA) is 32.3 Å². The number of rotatable bonds is 1. The highest BCUT2D eigenvalue weighted by Gasteiger charge is 1.81. The predicted molar refractivity (Wildman–Crippen MR) is 28.4 cm³/mol. The van der Waals surface area contributed by atoms with Crippen molar-refractivity contribution in [3.63, 3.8) is 0 Å². The van der Waals surface area contributed by atoms with Crippen molar-refractivity contribution in [2.45, 2.75) is 11.0 Å². The molecule has 0 spiro atoms. The molecule has 0 aromatic rings. The van der Waals surface area contributed by atoms with Gasteiger partial charge < -0.3 is 5.21 Å². The maximum atomic E-state index is 7.89. The van der Waals surface area contributed by atoms with Gasteiger partial charge in [-0.05, 0) is 6.92 Å². The minimum absolute atomic E-state index is 0.160. The van der Waals surface area contributed by atoms with Crippen molar-refractivity contribution in [1.82, 2.24) is 5.48 Å². The largest absolute Gasteiger partial charge is 0.316 e. The second-order valence-electron chi connectivity index (χ2n) is 0.745. The molecule has 0 saturated heterocycles. The molecule has 0 aromatic carbocycles. The summed E-state index contributed by atoms with van der Waals surface area (Å²) in [5.41, 5.74) is 2.01. The van der Waals surface area contributed by atoms with Crippen LogP contribution in [-0.4, -0.2) is 9.26 Å². The summed E-state index contributed by atoms with van der Waals surface area (Å²) in [4.78, 5) is 0. The molecule has 0 rings (SSSR count). The fourth-order valence-electron chi connectivity index (χ4n) is 0. The van der Waals surface area contributed by atoms with E-state index in [9.17, 15) is 0 Å². The molecule has 0 saturated carbocycles. The lowest BCUT2D eigenvalue weighted by Gasteiger charge is -1.91. The lowest BCUT2D eigenvalue weighted by Crippen LogP contribution is -2.12. The van der Waals surface area contributed by atoms with Gasteiger partial charge in [0.15, 0.2) is 0 Å². The Labute approximate surface area is 44.7 Å². The van der Waals surface area contributed by atoms with Crippen LogP contribution in [0.25, 0.3) is 0 Å². The molecular weight excluding hydrogens is 181 g/mol. The third-order valence-electron chi connectivity index (χ3n) is 0.178. The average molecular weight is 187 g/mol. The molecule has 0 radical (unpaired) electrons. The van der Waals surface area contributed by atoms with Crippen molar-refractivity contribution >= 4 is 22.6 Å². The van der Waals surface area contributed by atoms with E-state index in [1.807, 2.05) is 35.0 Å². The van der Waals surface area contributed by atoms with E-state index in [2.05, 4.69) is 0 Å². The molecule has 0 amide bonds. The Kier molecular flexibility index (Phi) is 3.24. The molecular formula is C2H6INO. The van der Waals surface area contributed by atoms with Crippen LogP contribution in [0.2, 0.25) is 0 Å². The van der Waals surface area contributed by atoms with Crippen LogP contribution in [0, 0.1) is 0 Å². The second-order valence-corrected chi connectivity index (χ2v) is 2.61. The molecule has 2 nitrogen and oxygen atoms in total. The second kappa shape index (κ2) is 2.87. The van der Waals surface area contributed by atoms with Crippen LogP contribution in [0.3, 0.4) is 0 Å². The van der Waals surface area contributed by atoms with Gasteiger partial charge in [-0.1, -0.05) is 22.6 Å². The molecule has 0 bridgehead atoms. The Hall–Kier alpha value is 0.650. The summed E-state index contributed by atoms with van der Waals surface area (Å²) < 4.78 is 0.160. The molecule has 1 atom stereocenters. The summed E-state index contributed by atoms with van der Waals surface area (Å²) in [7, 11) is 0. The SMILES string of the molecule is C[C@H](I)NO. The predicted octanol–water partition coefficient (Wildman–Crippen LogP) is 0.746. The molecule has 0 aliphatic rings. The van der Waals surface area contributed by atoms with E-state index in [0.29, 0.717) is 0 Å². The summed E-state index contributed by atoms with van der Waals surface area (Å²) in [6.07, 6.45) is 0. The van der Waals surface area contributed by atoms with Crippen LogP contribution < -0.4 is 5.48 Å². The van der Waals surface area contributed by atoms with Gasteiger partial charge in [0.25, 0.3) is 0 Å². The number of hydroxylamine groups is 1. The first-order valence-corrected chi connectivity index (χ1v) is 2.55. The summed E-state index contributed by atoms with van der Waals surface area (Å²) >= 11 is 2.05. The number of hydrogen-bond donors (Lipinski definition) is 2. The maximum Gasteiger partial charge on any atom is 0.0805 e. The van der Waals surface area contributed by atoms with Crippen LogP contribution in [0.1, 0.15) is 6.92 Å². The van der Waals surface area contributed by atoms with Crippen LogP contribution in [0.5, 0.6) is 0 Å². The lowest BCUT2D eigenvalue weighted by atomic mass is 10.8. The van der Waals surface area contributed by atoms with E-state index < -0.39 is 0 Å². The summed E-state index contributed by atoms with van der Waals surface area (Å²) in [6, 6.07) is 0. The molecule has 0 unspecified atom stereocenters. The van der Waals surface area contributed by atoms with E-state index >= 15 is 0 Å². The zero-order valence-corrected chi connectivity index (χ0v) is 5.06. The minimum Gasteiger partial charge on any atom is -0.316 e. The standard InChI is InChI=1S/C2H6INO/c1-2(3)4-5/h2,4-5H,1H3/t2-/m1/s1. The first-order chi connectivity index (χ1) is 2.27. The highest BCUT2D eigenvalue weighted by Crippen LogP contribution is 1.87. The number of halogens is 1. The quantitative estimate of drug-likeness (QED) is 0.274. The van der Waals surface area contributed by atoms with E-state index in [4.69, 9.17) is 5.21 Å². The summed E-state index contributed by atoms with van der Waals surface area (Å²) in [5, 5.41) is 7.89. The summed E-state index contributed by atoms with van der Waals surface area (Å²) in [6.45, 7) is 1.85. The number of nitrogens with one attached hydrogen (secondary N) is 1. The summed E-state index contributed by atoms with van der Waals surface area (Å²) in [5.74, 6) is 0. The van der Waals surface area contributed by atoms with Crippen molar-refractivity contribution < 1.29 is 5.21 Å². The molecule has 5 heavy (non-hydrogen) atoms. The van der Waals surface area contributed by atoms with E-state index in [-0.39, 0.29) is 4.05 Å². The zero-order chi connectivity index (χ0) is 4.28. The maximum absolute atomic E-state index is 7.89. The van der Waals surface area contributed by atoms with E-state index in [0.717, 1.165) is 0 Å². The van der Waals surface area contributed by atoms with Gasteiger partial charge in [-0.25, -0.2) is 0 Å². The van der Waals surface area contributed by atoms with E-state index in [1.165, 1.54) is 0 Å². The average Bonchev–Trinajstić information content (AvgIpc) is 1.38. The highest BCUT2D eigenvalue weighted by atomic mass is 127. The Morgan fingerprint density at radius 3 is 2.20 bits per heavy atom. The molecule has 2 N–H and O–H groups in total. The zero-order valence-electron chi connectivity index (χ0n) is 2.90. The van der Waals surface area contributed by atoms with Crippen molar-refractivity contribution in [2.75, 3.05) is 0 Å². The molecule has 0 fully saturated rings. The number of hydrogen-bond acceptors (Lipinski definition) is 2. The Morgan fingerprint density at radius 2 is 2.20 bits per heavy atom. The van der Waals surface area contributed by atoms with E-state index in [1.54, 1.807) is 0 Å². The van der Waals surface area contributed by atoms with Crippen molar-refractivity contribution in [3.8, 4) is 0 Å². The van der Waals surface area contributed by atoms with Gasteiger partial charge in [-0.15, -0.1) is 0 Å². The van der Waals surface area contributed by atoms with Crippen LogP contribution in [0.15, 0.2) is 0 Å². The minimum atomic E-state index is 0.160. The van der Waals surface area contributed by atoms with Crippen LogP contribution in [-0.2, 0) is 0 Å². The van der Waals surface area contributed by atoms with Gasteiger partial charge in [0.1, 0.15) is 0 Å². The highest BCUT2D eigenvalue weighted by molar-refractivity contribution is 14.1. The lowest BCUT2D eigenvalue weighted by molar-refractivity contribution is 0.167. The molecule has 3 heteroatoms. The van der Waals surface area contributed by atoms with Crippen molar-refractivity contribution in [3.05, 3.63) is 0 Å². The monoisotopic (exact) mass is 187 g/mol.